The first-order valence-electron chi connectivity index (χ1n) is 7.24. The molecule has 10 heteroatoms. The number of hydrogen-bond acceptors (Lipinski definition) is 6. The van der Waals surface area contributed by atoms with Crippen molar-refractivity contribution in [1.29, 1.82) is 0 Å². The summed E-state index contributed by atoms with van der Waals surface area (Å²) in [5.41, 5.74) is 10.4. The largest absolute Gasteiger partial charge is 0.497 e. The second kappa shape index (κ2) is 9.02. The number of hydrogen-bond donors (Lipinski definition) is 4. The minimum atomic E-state index is -0.936. The van der Waals surface area contributed by atoms with Crippen LogP contribution in [0.15, 0.2) is 36.4 Å². The Balaban J connectivity index is 1.87. The summed E-state index contributed by atoms with van der Waals surface area (Å²) in [6.07, 6.45) is 0. The van der Waals surface area contributed by atoms with Gasteiger partial charge in [0.25, 0.3) is 0 Å². The van der Waals surface area contributed by atoms with Gasteiger partial charge >= 0.3 is 11.8 Å². The Morgan fingerprint density at radius 2 is 1.15 bits per heavy atom. The normalized spacial score (nSPS) is 9.85. The molecule has 2 aromatic carbocycles. The molecule has 0 aromatic heterocycles. The van der Waals surface area contributed by atoms with Crippen LogP contribution < -0.4 is 31.2 Å². The minimum Gasteiger partial charge on any atom is -0.497 e. The van der Waals surface area contributed by atoms with Crippen LogP contribution in [0.1, 0.15) is 0 Å². The van der Waals surface area contributed by atoms with Crippen molar-refractivity contribution in [3.63, 3.8) is 0 Å². The molecule has 0 aliphatic heterocycles. The number of nitrogens with one attached hydrogen (secondary N) is 4. The van der Waals surface area contributed by atoms with E-state index < -0.39 is 11.8 Å². The molecule has 2 aromatic rings. The standard InChI is InChI=1S/C16H16Cl2N4O4/c1-25-9-3-5-13(11(17)7-9)19-21-15(23)16(24)22-20-14-6-4-10(26-2)8-12(14)18/h3-8,19-20H,1-2H3,(H,21,23)(H,22,24). The molecular formula is C16H16Cl2N4O4. The summed E-state index contributed by atoms with van der Waals surface area (Å²) in [7, 11) is 3.01. The summed E-state index contributed by atoms with van der Waals surface area (Å²) >= 11 is 12.0. The maximum absolute atomic E-state index is 11.8. The van der Waals surface area contributed by atoms with Crippen molar-refractivity contribution in [2.24, 2.45) is 0 Å². The van der Waals surface area contributed by atoms with Crippen molar-refractivity contribution >= 4 is 46.4 Å². The fourth-order valence-corrected chi connectivity index (χ4v) is 2.25. The van der Waals surface area contributed by atoms with Crippen LogP contribution in [0.3, 0.4) is 0 Å². The lowest BCUT2D eigenvalue weighted by Crippen LogP contribution is -2.44. The van der Waals surface area contributed by atoms with Gasteiger partial charge in [0.1, 0.15) is 11.5 Å². The van der Waals surface area contributed by atoms with Gasteiger partial charge in [-0.1, -0.05) is 23.2 Å². The van der Waals surface area contributed by atoms with Gasteiger partial charge in [-0.2, -0.15) is 0 Å². The second-order valence-corrected chi connectivity index (χ2v) is 5.66. The Hall–Kier alpha value is -2.84. The van der Waals surface area contributed by atoms with Gasteiger partial charge in [0, 0.05) is 12.1 Å². The molecule has 0 bridgehead atoms. The van der Waals surface area contributed by atoms with E-state index in [9.17, 15) is 9.59 Å². The number of methoxy groups -OCH3 is 2. The number of halogens is 2. The zero-order valence-corrected chi connectivity index (χ0v) is 15.4. The third-order valence-corrected chi connectivity index (χ3v) is 3.81. The smallest absolute Gasteiger partial charge is 0.329 e. The Labute approximate surface area is 159 Å². The number of carbonyl (C=O) groups excluding carboxylic acids is 2. The van der Waals surface area contributed by atoms with E-state index in [1.54, 1.807) is 36.4 Å². The number of rotatable bonds is 6. The number of ether oxygens (including phenoxy) is 2. The van der Waals surface area contributed by atoms with Crippen LogP contribution in [-0.2, 0) is 9.59 Å². The summed E-state index contributed by atoms with van der Waals surface area (Å²) in [6.45, 7) is 0. The molecule has 0 fully saturated rings. The van der Waals surface area contributed by atoms with Gasteiger partial charge < -0.3 is 9.47 Å². The third kappa shape index (κ3) is 5.08. The molecule has 8 nitrogen and oxygen atoms in total. The monoisotopic (exact) mass is 398 g/mol. The van der Waals surface area contributed by atoms with Crippen molar-refractivity contribution in [2.75, 3.05) is 25.1 Å². The highest BCUT2D eigenvalue weighted by Crippen LogP contribution is 2.26. The first-order chi connectivity index (χ1) is 12.4. The van der Waals surface area contributed by atoms with Crippen molar-refractivity contribution in [3.05, 3.63) is 46.4 Å². The zero-order chi connectivity index (χ0) is 19.1. The molecule has 0 saturated heterocycles. The number of benzene rings is 2. The minimum absolute atomic E-state index is 0.313. The van der Waals surface area contributed by atoms with Gasteiger partial charge in [0.05, 0.1) is 35.6 Å². The molecule has 0 radical (unpaired) electrons. The SMILES string of the molecule is COc1ccc(NNC(=O)C(=O)NNc2ccc(OC)cc2Cl)c(Cl)c1. The summed E-state index contributed by atoms with van der Waals surface area (Å²) in [5, 5.41) is 0.626. The van der Waals surface area contributed by atoms with Gasteiger partial charge in [-0.25, -0.2) is 0 Å². The molecule has 2 amide bonds. The Morgan fingerprint density at radius 1 is 0.769 bits per heavy atom. The first-order valence-corrected chi connectivity index (χ1v) is 7.99. The lowest BCUT2D eigenvalue weighted by molar-refractivity contribution is -0.138. The Kier molecular flexibility index (Phi) is 6.76. The van der Waals surface area contributed by atoms with Crippen molar-refractivity contribution < 1.29 is 19.1 Å². The number of carbonyl (C=O) groups is 2. The van der Waals surface area contributed by atoms with Crippen molar-refractivity contribution in [2.45, 2.75) is 0 Å². The summed E-state index contributed by atoms with van der Waals surface area (Å²) in [4.78, 5) is 23.6. The van der Waals surface area contributed by atoms with Gasteiger partial charge in [0.2, 0.25) is 0 Å². The average Bonchev–Trinajstić information content (AvgIpc) is 2.65. The van der Waals surface area contributed by atoms with Gasteiger partial charge in [-0.3, -0.25) is 31.3 Å². The van der Waals surface area contributed by atoms with E-state index in [0.717, 1.165) is 0 Å². The molecule has 0 heterocycles. The zero-order valence-electron chi connectivity index (χ0n) is 13.9. The van der Waals surface area contributed by atoms with Crippen LogP contribution in [-0.4, -0.2) is 26.0 Å². The van der Waals surface area contributed by atoms with Crippen LogP contribution in [0, 0.1) is 0 Å². The predicted octanol–water partition coefficient (Wildman–Crippen LogP) is 2.60. The van der Waals surface area contributed by atoms with Crippen LogP contribution in [0.2, 0.25) is 10.0 Å². The molecule has 0 atom stereocenters. The first kappa shape index (κ1) is 19.5. The van der Waals surface area contributed by atoms with Crippen LogP contribution in [0.4, 0.5) is 11.4 Å². The molecule has 0 aliphatic carbocycles. The van der Waals surface area contributed by atoms with E-state index in [2.05, 4.69) is 21.7 Å². The fraction of sp³-hybridized carbons (Fsp3) is 0.125. The maximum atomic E-state index is 11.8. The molecular weight excluding hydrogens is 383 g/mol. The summed E-state index contributed by atoms with van der Waals surface area (Å²) in [6, 6.07) is 9.59. The molecule has 138 valence electrons. The predicted molar refractivity (Wildman–Crippen MR) is 99.5 cm³/mol. The van der Waals surface area contributed by atoms with Crippen LogP contribution >= 0.6 is 23.2 Å². The quantitative estimate of drug-likeness (QED) is 0.440. The van der Waals surface area contributed by atoms with E-state index >= 15 is 0 Å². The second-order valence-electron chi connectivity index (χ2n) is 4.85. The fourth-order valence-electron chi connectivity index (χ4n) is 1.81. The van der Waals surface area contributed by atoms with E-state index in [4.69, 9.17) is 32.7 Å². The molecule has 4 N–H and O–H groups in total. The summed E-state index contributed by atoms with van der Waals surface area (Å²) in [5.74, 6) is -0.751. The van der Waals surface area contributed by atoms with E-state index in [-0.39, 0.29) is 0 Å². The van der Waals surface area contributed by atoms with Gasteiger partial charge in [-0.15, -0.1) is 0 Å². The number of hydrazine groups is 2. The highest BCUT2D eigenvalue weighted by atomic mass is 35.5. The molecule has 0 unspecified atom stereocenters. The Bertz CT molecular complexity index is 749. The van der Waals surface area contributed by atoms with Crippen molar-refractivity contribution in [1.82, 2.24) is 10.9 Å². The van der Waals surface area contributed by atoms with Crippen LogP contribution in [0.25, 0.3) is 0 Å². The highest BCUT2D eigenvalue weighted by molar-refractivity contribution is 6.36. The molecule has 2 rings (SSSR count). The van der Waals surface area contributed by atoms with Crippen LogP contribution in [0.5, 0.6) is 11.5 Å². The highest BCUT2D eigenvalue weighted by Gasteiger charge is 2.14. The topological polar surface area (TPSA) is 101 Å². The maximum Gasteiger partial charge on any atom is 0.329 e. The molecule has 0 saturated carbocycles. The van der Waals surface area contributed by atoms with E-state index in [0.29, 0.717) is 32.9 Å². The molecule has 26 heavy (non-hydrogen) atoms. The van der Waals surface area contributed by atoms with E-state index in [1.807, 2.05) is 0 Å². The van der Waals surface area contributed by atoms with Gasteiger partial charge in [-0.05, 0) is 24.3 Å². The number of anilines is 2. The average molecular weight is 399 g/mol. The Morgan fingerprint density at radius 3 is 1.46 bits per heavy atom. The number of amides is 2. The third-order valence-electron chi connectivity index (χ3n) is 3.18. The van der Waals surface area contributed by atoms with Crippen molar-refractivity contribution in [3.8, 4) is 11.5 Å². The molecule has 0 spiro atoms. The van der Waals surface area contributed by atoms with Gasteiger partial charge in [0.15, 0.2) is 0 Å². The molecule has 0 aliphatic rings. The lowest BCUT2D eigenvalue weighted by atomic mass is 10.3. The lowest BCUT2D eigenvalue weighted by Gasteiger charge is -2.12. The van der Waals surface area contributed by atoms with E-state index in [1.165, 1.54) is 14.2 Å². The summed E-state index contributed by atoms with van der Waals surface area (Å²) < 4.78 is 10.0.